The Morgan fingerprint density at radius 3 is 2.55 bits per heavy atom. The Kier molecular flexibility index (Phi) is 7.66. The molecule has 11 heteroatoms. The van der Waals surface area contributed by atoms with Gasteiger partial charge in [-0.3, -0.25) is 19.7 Å². The highest BCUT2D eigenvalue weighted by Gasteiger charge is 2.13. The number of benzene rings is 2. The summed E-state index contributed by atoms with van der Waals surface area (Å²) in [6.45, 7) is -0.314. The van der Waals surface area contributed by atoms with E-state index in [2.05, 4.69) is 31.8 Å². The van der Waals surface area contributed by atoms with E-state index in [9.17, 15) is 19.7 Å². The molecule has 152 valence electrons. The molecular formula is C18H17BrN4O6. The third-order valence-corrected chi connectivity index (χ3v) is 4.30. The number of ether oxygens (including phenoxy) is 2. The van der Waals surface area contributed by atoms with Gasteiger partial charge in [0.25, 0.3) is 17.5 Å². The maximum absolute atomic E-state index is 12.2. The average molecular weight is 465 g/mol. The van der Waals surface area contributed by atoms with Crippen molar-refractivity contribution >= 4 is 39.6 Å². The van der Waals surface area contributed by atoms with Crippen LogP contribution in [0.25, 0.3) is 0 Å². The summed E-state index contributed by atoms with van der Waals surface area (Å²) in [4.78, 5) is 34.3. The lowest BCUT2D eigenvalue weighted by Gasteiger charge is -2.09. The number of nitro groups is 1. The first-order valence-electron chi connectivity index (χ1n) is 8.11. The molecule has 2 aromatic rings. The molecule has 10 nitrogen and oxygen atoms in total. The Bertz CT molecular complexity index is 963. The molecule has 0 radical (unpaired) electrons. The summed E-state index contributed by atoms with van der Waals surface area (Å²) >= 11 is 3.08. The van der Waals surface area contributed by atoms with Gasteiger partial charge < -0.3 is 14.8 Å². The fraction of sp³-hybridized carbons (Fsp3) is 0.167. The van der Waals surface area contributed by atoms with Gasteiger partial charge in [-0.15, -0.1) is 0 Å². The molecule has 2 amide bonds. The van der Waals surface area contributed by atoms with Crippen molar-refractivity contribution in [2.24, 2.45) is 5.10 Å². The molecule has 0 heterocycles. The monoisotopic (exact) mass is 464 g/mol. The Morgan fingerprint density at radius 1 is 1.17 bits per heavy atom. The number of halogens is 1. The van der Waals surface area contributed by atoms with Crippen molar-refractivity contribution in [3.05, 3.63) is 62.1 Å². The quantitative estimate of drug-likeness (QED) is 0.349. The third-order valence-electron chi connectivity index (χ3n) is 3.62. The van der Waals surface area contributed by atoms with E-state index in [1.807, 2.05) is 0 Å². The van der Waals surface area contributed by atoms with E-state index in [0.717, 1.165) is 0 Å². The van der Waals surface area contributed by atoms with Crippen molar-refractivity contribution < 1.29 is 24.0 Å². The van der Waals surface area contributed by atoms with Crippen LogP contribution >= 0.6 is 15.9 Å². The largest absolute Gasteiger partial charge is 0.493 e. The third kappa shape index (κ3) is 6.01. The van der Waals surface area contributed by atoms with Gasteiger partial charge in [0.1, 0.15) is 0 Å². The summed E-state index contributed by atoms with van der Waals surface area (Å²) < 4.78 is 10.6. The number of nitro benzene ring substituents is 1. The molecule has 0 unspecified atom stereocenters. The first-order valence-corrected chi connectivity index (χ1v) is 8.91. The fourth-order valence-electron chi connectivity index (χ4n) is 2.21. The average Bonchev–Trinajstić information content (AvgIpc) is 2.72. The standard InChI is InChI=1S/C18H17BrN4O6/c1-28-15-6-4-12(8-16(15)29-2)18(25)20-10-17(24)22-21-9-11-3-5-13(19)14(7-11)23(26)27/h3-9H,10H2,1-2H3,(H,20,25)(H,22,24)/b21-9+. The summed E-state index contributed by atoms with van der Waals surface area (Å²) in [5.41, 5.74) is 2.83. The maximum atomic E-state index is 12.2. The molecule has 0 aliphatic carbocycles. The van der Waals surface area contributed by atoms with Gasteiger partial charge in [0.15, 0.2) is 11.5 Å². The summed E-state index contributed by atoms with van der Waals surface area (Å²) in [5, 5.41) is 17.1. The number of amides is 2. The van der Waals surface area contributed by atoms with E-state index >= 15 is 0 Å². The predicted molar refractivity (Wildman–Crippen MR) is 108 cm³/mol. The molecule has 0 aliphatic heterocycles. The topological polar surface area (TPSA) is 132 Å². The van der Waals surface area contributed by atoms with E-state index in [-0.39, 0.29) is 12.2 Å². The van der Waals surface area contributed by atoms with Gasteiger partial charge >= 0.3 is 0 Å². The second kappa shape index (κ2) is 10.2. The van der Waals surface area contributed by atoms with Crippen LogP contribution in [0.15, 0.2) is 46.0 Å². The van der Waals surface area contributed by atoms with E-state index < -0.39 is 16.7 Å². The Labute approximate surface area is 174 Å². The maximum Gasteiger partial charge on any atom is 0.284 e. The molecule has 0 saturated carbocycles. The van der Waals surface area contributed by atoms with E-state index in [1.54, 1.807) is 12.1 Å². The van der Waals surface area contributed by atoms with Gasteiger partial charge in [-0.25, -0.2) is 5.43 Å². The molecule has 0 aliphatic rings. The second-order valence-corrected chi connectivity index (χ2v) is 6.37. The molecule has 0 bridgehead atoms. The molecule has 2 rings (SSSR count). The second-order valence-electron chi connectivity index (χ2n) is 5.51. The molecule has 0 fully saturated rings. The van der Waals surface area contributed by atoms with Crippen LogP contribution in [0.3, 0.4) is 0 Å². The van der Waals surface area contributed by atoms with Crippen LogP contribution in [-0.4, -0.2) is 43.7 Å². The van der Waals surface area contributed by atoms with Crippen molar-refractivity contribution in [3.63, 3.8) is 0 Å². The molecule has 0 saturated heterocycles. The number of nitrogens with one attached hydrogen (secondary N) is 2. The van der Waals surface area contributed by atoms with E-state index in [1.165, 1.54) is 44.7 Å². The summed E-state index contributed by atoms with van der Waals surface area (Å²) in [6.07, 6.45) is 1.26. The number of methoxy groups -OCH3 is 2. The number of rotatable bonds is 8. The smallest absolute Gasteiger partial charge is 0.284 e. The highest BCUT2D eigenvalue weighted by atomic mass is 79.9. The number of carbonyl (C=O) groups excluding carboxylic acids is 2. The first kappa shape index (κ1) is 21.8. The molecule has 2 N–H and O–H groups in total. The lowest BCUT2D eigenvalue weighted by Crippen LogP contribution is -2.34. The lowest BCUT2D eigenvalue weighted by molar-refractivity contribution is -0.385. The van der Waals surface area contributed by atoms with E-state index in [0.29, 0.717) is 27.1 Å². The van der Waals surface area contributed by atoms with Crippen LogP contribution in [-0.2, 0) is 4.79 Å². The van der Waals surface area contributed by atoms with Crippen molar-refractivity contribution in [1.82, 2.24) is 10.7 Å². The Balaban J connectivity index is 1.90. The van der Waals surface area contributed by atoms with Gasteiger partial charge in [-0.1, -0.05) is 6.07 Å². The van der Waals surface area contributed by atoms with Gasteiger partial charge in [0.05, 0.1) is 36.4 Å². The number of carbonyl (C=O) groups is 2. The molecular weight excluding hydrogens is 448 g/mol. The van der Waals surface area contributed by atoms with Gasteiger partial charge in [0, 0.05) is 17.2 Å². The van der Waals surface area contributed by atoms with Gasteiger partial charge in [-0.05, 0) is 40.2 Å². The van der Waals surface area contributed by atoms with Crippen LogP contribution in [0.4, 0.5) is 5.69 Å². The fourth-order valence-corrected chi connectivity index (χ4v) is 2.60. The van der Waals surface area contributed by atoms with Gasteiger partial charge in [0.2, 0.25) is 0 Å². The zero-order chi connectivity index (χ0) is 21.4. The van der Waals surface area contributed by atoms with Crippen LogP contribution in [0, 0.1) is 10.1 Å². The first-order chi connectivity index (χ1) is 13.8. The van der Waals surface area contributed by atoms with Crippen LogP contribution in [0.5, 0.6) is 11.5 Å². The molecule has 29 heavy (non-hydrogen) atoms. The zero-order valence-corrected chi connectivity index (χ0v) is 17.1. The minimum Gasteiger partial charge on any atom is -0.493 e. The molecule has 0 atom stereocenters. The summed E-state index contributed by atoms with van der Waals surface area (Å²) in [5.74, 6) is -0.183. The highest BCUT2D eigenvalue weighted by molar-refractivity contribution is 9.10. The SMILES string of the molecule is COc1ccc(C(=O)NCC(=O)N/N=C/c2ccc(Br)c([N+](=O)[O-])c2)cc1OC. The van der Waals surface area contributed by atoms with Crippen molar-refractivity contribution in [3.8, 4) is 11.5 Å². The molecule has 2 aromatic carbocycles. The predicted octanol–water partition coefficient (Wildman–Crippen LogP) is 2.25. The number of nitrogens with zero attached hydrogens (tertiary/aromatic N) is 2. The lowest BCUT2D eigenvalue weighted by atomic mass is 10.2. The van der Waals surface area contributed by atoms with Crippen molar-refractivity contribution in [2.75, 3.05) is 20.8 Å². The summed E-state index contributed by atoms with van der Waals surface area (Å²) in [6, 6.07) is 9.00. The van der Waals surface area contributed by atoms with E-state index in [4.69, 9.17) is 9.47 Å². The van der Waals surface area contributed by atoms with Crippen molar-refractivity contribution in [1.29, 1.82) is 0 Å². The zero-order valence-electron chi connectivity index (χ0n) is 15.5. The molecule has 0 aromatic heterocycles. The Morgan fingerprint density at radius 2 is 1.90 bits per heavy atom. The van der Waals surface area contributed by atoms with Crippen molar-refractivity contribution in [2.45, 2.75) is 0 Å². The van der Waals surface area contributed by atoms with Crippen LogP contribution < -0.4 is 20.2 Å². The van der Waals surface area contributed by atoms with Crippen LogP contribution in [0.1, 0.15) is 15.9 Å². The minimum absolute atomic E-state index is 0.123. The van der Waals surface area contributed by atoms with Crippen LogP contribution in [0.2, 0.25) is 0 Å². The number of hydrogen-bond acceptors (Lipinski definition) is 7. The number of hydrogen-bond donors (Lipinski definition) is 2. The number of hydrazone groups is 1. The minimum atomic E-state index is -0.568. The summed E-state index contributed by atoms with van der Waals surface area (Å²) in [7, 11) is 2.93. The highest BCUT2D eigenvalue weighted by Crippen LogP contribution is 2.27. The Hall–Kier alpha value is -3.47. The normalized spacial score (nSPS) is 10.4. The van der Waals surface area contributed by atoms with Gasteiger partial charge in [-0.2, -0.15) is 5.10 Å². The molecule has 0 spiro atoms.